The van der Waals surface area contributed by atoms with E-state index in [2.05, 4.69) is 0 Å². The zero-order valence-electron chi connectivity index (χ0n) is 15.9. The molecule has 0 heterocycles. The van der Waals surface area contributed by atoms with Crippen LogP contribution in [0.15, 0.2) is 48.5 Å². The molecule has 7 nitrogen and oxygen atoms in total. The molecular formula is C21H24O7. The third kappa shape index (κ3) is 7.28. The smallest absolute Gasteiger partial charge is 0.308 e. The Kier molecular flexibility index (Phi) is 8.30. The predicted octanol–water partition coefficient (Wildman–Crippen LogP) is 2.63. The van der Waals surface area contributed by atoms with E-state index in [0.29, 0.717) is 11.5 Å². The van der Waals surface area contributed by atoms with Gasteiger partial charge in [0.25, 0.3) is 0 Å². The molecule has 1 N–H and O–H groups in total. The van der Waals surface area contributed by atoms with Gasteiger partial charge in [0, 0.05) is 0 Å². The predicted molar refractivity (Wildman–Crippen MR) is 101 cm³/mol. The summed E-state index contributed by atoms with van der Waals surface area (Å²) >= 11 is 0. The highest BCUT2D eigenvalue weighted by molar-refractivity contribution is 5.73. The third-order valence-electron chi connectivity index (χ3n) is 3.92. The lowest BCUT2D eigenvalue weighted by Crippen LogP contribution is -2.20. The Bertz CT molecular complexity index is 688. The van der Waals surface area contributed by atoms with Crippen molar-refractivity contribution in [2.45, 2.75) is 32.2 Å². The van der Waals surface area contributed by atoms with E-state index in [-0.39, 0.29) is 26.1 Å². The van der Waals surface area contributed by atoms with E-state index in [0.717, 1.165) is 11.1 Å². The van der Waals surface area contributed by atoms with Crippen LogP contribution in [0.4, 0.5) is 0 Å². The van der Waals surface area contributed by atoms with Gasteiger partial charge in [-0.1, -0.05) is 24.3 Å². The maximum Gasteiger partial charge on any atom is 0.308 e. The number of rotatable bonds is 10. The number of aliphatic hydroxyl groups excluding tert-OH is 1. The fraction of sp³-hybridized carbons (Fsp3) is 0.333. The largest absolute Gasteiger partial charge is 0.497 e. The van der Waals surface area contributed by atoms with E-state index in [1.54, 1.807) is 62.8 Å². The van der Waals surface area contributed by atoms with Crippen molar-refractivity contribution in [3.63, 3.8) is 0 Å². The fourth-order valence-corrected chi connectivity index (χ4v) is 2.35. The van der Waals surface area contributed by atoms with E-state index >= 15 is 0 Å². The monoisotopic (exact) mass is 388 g/mol. The SMILES string of the molecule is COc1ccc(COC(=O)CC(O)CC(=O)OCc2ccc(OC)cc2)cc1. The van der Waals surface area contributed by atoms with Crippen molar-refractivity contribution in [2.24, 2.45) is 0 Å². The summed E-state index contributed by atoms with van der Waals surface area (Å²) in [7, 11) is 3.14. The second-order valence-electron chi connectivity index (χ2n) is 6.08. The quantitative estimate of drug-likeness (QED) is 0.626. The van der Waals surface area contributed by atoms with Crippen LogP contribution >= 0.6 is 0 Å². The second kappa shape index (κ2) is 10.9. The molecule has 0 unspecified atom stereocenters. The summed E-state index contributed by atoms with van der Waals surface area (Å²) in [6.45, 7) is 0.162. The molecule has 0 aliphatic heterocycles. The molecule has 0 aliphatic carbocycles. The van der Waals surface area contributed by atoms with Gasteiger partial charge in [-0.2, -0.15) is 0 Å². The van der Waals surface area contributed by atoms with Crippen molar-refractivity contribution in [2.75, 3.05) is 14.2 Å². The zero-order valence-corrected chi connectivity index (χ0v) is 15.9. The lowest BCUT2D eigenvalue weighted by molar-refractivity contribution is -0.150. The summed E-state index contributed by atoms with van der Waals surface area (Å²) in [6, 6.07) is 14.2. The Balaban J connectivity index is 1.67. The summed E-state index contributed by atoms with van der Waals surface area (Å²) in [5, 5.41) is 9.89. The van der Waals surface area contributed by atoms with E-state index in [1.165, 1.54) is 0 Å². The Morgan fingerprint density at radius 3 is 1.43 bits per heavy atom. The minimum atomic E-state index is -1.16. The average Bonchev–Trinajstić information content (AvgIpc) is 2.71. The molecule has 0 atom stereocenters. The van der Waals surface area contributed by atoms with Crippen LogP contribution in [-0.4, -0.2) is 37.4 Å². The minimum absolute atomic E-state index is 0.0808. The number of hydrogen-bond donors (Lipinski definition) is 1. The van der Waals surface area contributed by atoms with E-state index in [9.17, 15) is 14.7 Å². The number of benzene rings is 2. The third-order valence-corrected chi connectivity index (χ3v) is 3.92. The maximum absolute atomic E-state index is 11.8. The topological polar surface area (TPSA) is 91.3 Å². The van der Waals surface area contributed by atoms with Crippen LogP contribution in [0, 0.1) is 0 Å². The molecule has 28 heavy (non-hydrogen) atoms. The van der Waals surface area contributed by atoms with Crippen LogP contribution < -0.4 is 9.47 Å². The molecule has 0 saturated heterocycles. The first-order valence-corrected chi connectivity index (χ1v) is 8.75. The molecule has 0 amide bonds. The van der Waals surface area contributed by atoms with Gasteiger partial charge in [0.05, 0.1) is 33.2 Å². The Morgan fingerprint density at radius 1 is 0.750 bits per heavy atom. The van der Waals surface area contributed by atoms with Crippen molar-refractivity contribution >= 4 is 11.9 Å². The summed E-state index contributed by atoms with van der Waals surface area (Å²) < 4.78 is 20.3. The molecule has 0 saturated carbocycles. The Labute approximate surface area is 163 Å². The maximum atomic E-state index is 11.8. The van der Waals surface area contributed by atoms with Crippen LogP contribution in [0.2, 0.25) is 0 Å². The molecule has 2 aromatic carbocycles. The number of esters is 2. The molecule has 0 aromatic heterocycles. The number of ether oxygens (including phenoxy) is 4. The van der Waals surface area contributed by atoms with Gasteiger partial charge in [0.2, 0.25) is 0 Å². The molecule has 2 rings (SSSR count). The summed E-state index contributed by atoms with van der Waals surface area (Å²) in [5.41, 5.74) is 1.59. The van der Waals surface area contributed by atoms with E-state index in [4.69, 9.17) is 18.9 Å². The lowest BCUT2D eigenvalue weighted by atomic mass is 10.2. The Hall–Kier alpha value is -3.06. The summed E-state index contributed by atoms with van der Waals surface area (Å²) in [6.07, 6.45) is -1.73. The highest BCUT2D eigenvalue weighted by atomic mass is 16.5. The summed E-state index contributed by atoms with van der Waals surface area (Å²) in [4.78, 5) is 23.6. The van der Waals surface area contributed by atoms with Gasteiger partial charge in [-0.3, -0.25) is 9.59 Å². The molecule has 0 fully saturated rings. The van der Waals surface area contributed by atoms with Crippen molar-refractivity contribution in [3.8, 4) is 11.5 Å². The Morgan fingerprint density at radius 2 is 1.11 bits per heavy atom. The van der Waals surface area contributed by atoms with Crippen molar-refractivity contribution in [1.29, 1.82) is 0 Å². The first-order chi connectivity index (χ1) is 13.5. The molecule has 2 aromatic rings. The van der Waals surface area contributed by atoms with Crippen LogP contribution in [0.5, 0.6) is 11.5 Å². The van der Waals surface area contributed by atoms with Crippen LogP contribution in [0.3, 0.4) is 0 Å². The van der Waals surface area contributed by atoms with Gasteiger partial charge in [-0.15, -0.1) is 0 Å². The van der Waals surface area contributed by atoms with Crippen LogP contribution in [0.1, 0.15) is 24.0 Å². The number of carbonyl (C=O) groups excluding carboxylic acids is 2. The lowest BCUT2D eigenvalue weighted by Gasteiger charge is -2.11. The normalized spacial score (nSPS) is 10.4. The van der Waals surface area contributed by atoms with E-state index < -0.39 is 18.0 Å². The molecule has 0 radical (unpaired) electrons. The number of methoxy groups -OCH3 is 2. The van der Waals surface area contributed by atoms with Gasteiger partial charge < -0.3 is 24.1 Å². The fourth-order valence-electron chi connectivity index (χ4n) is 2.35. The highest BCUT2D eigenvalue weighted by Crippen LogP contribution is 2.14. The molecule has 0 aliphatic rings. The first-order valence-electron chi connectivity index (χ1n) is 8.75. The zero-order chi connectivity index (χ0) is 20.4. The first kappa shape index (κ1) is 21.2. The number of carbonyl (C=O) groups is 2. The van der Waals surface area contributed by atoms with Gasteiger partial charge in [-0.25, -0.2) is 0 Å². The molecule has 150 valence electrons. The summed E-state index contributed by atoms with van der Waals surface area (Å²) in [5.74, 6) is 0.231. The molecule has 0 spiro atoms. The average molecular weight is 388 g/mol. The van der Waals surface area contributed by atoms with Crippen molar-refractivity contribution in [3.05, 3.63) is 59.7 Å². The van der Waals surface area contributed by atoms with Crippen LogP contribution in [0.25, 0.3) is 0 Å². The number of aliphatic hydroxyl groups is 1. The van der Waals surface area contributed by atoms with Gasteiger partial charge in [0.15, 0.2) is 0 Å². The molecule has 0 bridgehead atoms. The van der Waals surface area contributed by atoms with Crippen molar-refractivity contribution < 1.29 is 33.6 Å². The second-order valence-corrected chi connectivity index (χ2v) is 6.08. The number of hydrogen-bond acceptors (Lipinski definition) is 7. The molecule has 7 heteroatoms. The van der Waals surface area contributed by atoms with Crippen LogP contribution in [-0.2, 0) is 32.3 Å². The van der Waals surface area contributed by atoms with Gasteiger partial charge in [-0.05, 0) is 35.4 Å². The van der Waals surface area contributed by atoms with E-state index in [1.807, 2.05) is 0 Å². The standard InChI is InChI=1S/C21H24O7/c1-25-18-7-3-15(4-8-18)13-27-20(23)11-17(22)12-21(24)28-14-16-5-9-19(26-2)10-6-16/h3-10,17,22H,11-14H2,1-2H3. The minimum Gasteiger partial charge on any atom is -0.497 e. The highest BCUT2D eigenvalue weighted by Gasteiger charge is 2.17. The van der Waals surface area contributed by atoms with Gasteiger partial charge >= 0.3 is 11.9 Å². The molecular weight excluding hydrogens is 364 g/mol. The van der Waals surface area contributed by atoms with Crippen molar-refractivity contribution in [1.82, 2.24) is 0 Å². The van der Waals surface area contributed by atoms with Gasteiger partial charge in [0.1, 0.15) is 24.7 Å².